The third-order valence-electron chi connectivity index (χ3n) is 3.10. The molecule has 0 radical (unpaired) electrons. The fourth-order valence-corrected chi connectivity index (χ4v) is 2.26. The molecule has 1 aromatic rings. The lowest BCUT2D eigenvalue weighted by atomic mass is 9.97. The second kappa shape index (κ2) is 5.03. The Morgan fingerprint density at radius 3 is 2.94 bits per heavy atom. The molecule has 2 unspecified atom stereocenters. The van der Waals surface area contributed by atoms with Crippen LogP contribution in [0, 0.1) is 16.0 Å². The molecule has 1 aromatic heterocycles. The topological polar surface area (TPSA) is 92.4 Å². The van der Waals surface area contributed by atoms with E-state index in [9.17, 15) is 15.2 Å². The minimum absolute atomic E-state index is 0.0343. The summed E-state index contributed by atoms with van der Waals surface area (Å²) in [7, 11) is 0. The maximum atomic E-state index is 11.0. The number of piperidine rings is 1. The number of hydrogen-bond donors (Lipinski definition) is 1. The normalized spacial score (nSPS) is 24.1. The Labute approximate surface area is 109 Å². The lowest BCUT2D eigenvalue weighted by molar-refractivity contribution is -0.384. The van der Waals surface area contributed by atoms with Gasteiger partial charge in [0.2, 0.25) is 11.0 Å². The Morgan fingerprint density at radius 2 is 2.33 bits per heavy atom. The fraction of sp³-hybridized carbons (Fsp3) is 0.600. The van der Waals surface area contributed by atoms with Gasteiger partial charge in [-0.05, 0) is 12.3 Å². The van der Waals surface area contributed by atoms with Crippen molar-refractivity contribution in [1.29, 1.82) is 0 Å². The maximum Gasteiger partial charge on any atom is 0.348 e. The van der Waals surface area contributed by atoms with E-state index in [4.69, 9.17) is 11.6 Å². The Kier molecular flexibility index (Phi) is 3.63. The fourth-order valence-electron chi connectivity index (χ4n) is 2.06. The average molecular weight is 273 g/mol. The third-order valence-corrected chi connectivity index (χ3v) is 3.38. The van der Waals surface area contributed by atoms with Crippen molar-refractivity contribution in [2.45, 2.75) is 19.4 Å². The van der Waals surface area contributed by atoms with E-state index in [1.807, 2.05) is 6.92 Å². The first-order valence-corrected chi connectivity index (χ1v) is 5.96. The van der Waals surface area contributed by atoms with E-state index in [2.05, 4.69) is 9.97 Å². The lowest BCUT2D eigenvalue weighted by Crippen LogP contribution is -2.42. The summed E-state index contributed by atoms with van der Waals surface area (Å²) < 4.78 is 0. The van der Waals surface area contributed by atoms with Gasteiger partial charge in [-0.2, -0.15) is 0 Å². The van der Waals surface area contributed by atoms with Crippen molar-refractivity contribution in [3.8, 4) is 0 Å². The second-order valence-corrected chi connectivity index (χ2v) is 4.73. The molecule has 0 bridgehead atoms. The van der Waals surface area contributed by atoms with Crippen LogP contribution in [0.5, 0.6) is 0 Å². The average Bonchev–Trinajstić information content (AvgIpc) is 2.32. The van der Waals surface area contributed by atoms with E-state index in [1.165, 1.54) is 6.33 Å². The Bertz CT molecular complexity index is 470. The van der Waals surface area contributed by atoms with Gasteiger partial charge in [0, 0.05) is 13.1 Å². The molecule has 1 saturated heterocycles. The van der Waals surface area contributed by atoms with Crippen LogP contribution < -0.4 is 4.90 Å². The van der Waals surface area contributed by atoms with Crippen LogP contribution in [0.25, 0.3) is 0 Å². The summed E-state index contributed by atoms with van der Waals surface area (Å²) in [6.07, 6.45) is 1.39. The van der Waals surface area contributed by atoms with Gasteiger partial charge in [-0.3, -0.25) is 10.1 Å². The number of aromatic nitrogens is 2. The smallest absolute Gasteiger partial charge is 0.348 e. The minimum atomic E-state index is -0.576. The summed E-state index contributed by atoms with van der Waals surface area (Å²) in [5, 5.41) is 20.5. The molecule has 0 spiro atoms. The number of aliphatic hydroxyl groups is 1. The molecule has 2 rings (SSSR count). The van der Waals surface area contributed by atoms with Gasteiger partial charge in [0.1, 0.15) is 6.33 Å². The SMILES string of the molecule is CC1CN(c2ncnc(Cl)c2[N+](=O)[O-])CCC1O. The maximum absolute atomic E-state index is 11.0. The van der Waals surface area contributed by atoms with E-state index in [0.29, 0.717) is 19.5 Å². The molecule has 18 heavy (non-hydrogen) atoms. The van der Waals surface area contributed by atoms with Gasteiger partial charge in [0.05, 0.1) is 11.0 Å². The van der Waals surface area contributed by atoms with Crippen LogP contribution in [0.1, 0.15) is 13.3 Å². The second-order valence-electron chi connectivity index (χ2n) is 4.37. The predicted octanol–water partition coefficient (Wildman–Crippen LogP) is 1.25. The highest BCUT2D eigenvalue weighted by Crippen LogP contribution is 2.33. The molecule has 2 heterocycles. The first-order chi connectivity index (χ1) is 8.50. The third kappa shape index (κ3) is 2.37. The number of nitrogens with zero attached hydrogens (tertiary/aromatic N) is 4. The molecule has 8 heteroatoms. The number of hydrogen-bond acceptors (Lipinski definition) is 6. The highest BCUT2D eigenvalue weighted by Gasteiger charge is 2.31. The van der Waals surface area contributed by atoms with Crippen LogP contribution in [-0.4, -0.2) is 39.2 Å². The molecule has 0 amide bonds. The van der Waals surface area contributed by atoms with Crippen LogP contribution in [0.15, 0.2) is 6.33 Å². The molecule has 1 fully saturated rings. The number of rotatable bonds is 2. The van der Waals surface area contributed by atoms with Crippen LogP contribution >= 0.6 is 11.6 Å². The van der Waals surface area contributed by atoms with E-state index < -0.39 is 4.92 Å². The summed E-state index contributed by atoms with van der Waals surface area (Å²) in [4.78, 5) is 19.8. The first kappa shape index (κ1) is 13.0. The number of halogens is 1. The van der Waals surface area contributed by atoms with Crippen molar-refractivity contribution < 1.29 is 10.0 Å². The van der Waals surface area contributed by atoms with E-state index >= 15 is 0 Å². The summed E-state index contributed by atoms with van der Waals surface area (Å²) in [5.74, 6) is 0.255. The largest absolute Gasteiger partial charge is 0.393 e. The molecule has 2 atom stereocenters. The van der Waals surface area contributed by atoms with Gasteiger partial charge in [0.15, 0.2) is 0 Å². The van der Waals surface area contributed by atoms with Crippen molar-refractivity contribution in [3.63, 3.8) is 0 Å². The van der Waals surface area contributed by atoms with Crippen molar-refractivity contribution >= 4 is 23.1 Å². The highest BCUT2D eigenvalue weighted by atomic mass is 35.5. The molecule has 1 aliphatic rings. The van der Waals surface area contributed by atoms with Gasteiger partial charge in [-0.15, -0.1) is 0 Å². The van der Waals surface area contributed by atoms with E-state index in [0.717, 1.165) is 0 Å². The number of nitro groups is 1. The molecule has 0 saturated carbocycles. The molecular formula is C10H13ClN4O3. The van der Waals surface area contributed by atoms with Crippen molar-refractivity contribution in [3.05, 3.63) is 21.6 Å². The van der Waals surface area contributed by atoms with Crippen LogP contribution in [0.3, 0.4) is 0 Å². The van der Waals surface area contributed by atoms with Crippen LogP contribution in [-0.2, 0) is 0 Å². The molecule has 98 valence electrons. The number of anilines is 1. The molecule has 0 aliphatic carbocycles. The van der Waals surface area contributed by atoms with Gasteiger partial charge >= 0.3 is 5.69 Å². The minimum Gasteiger partial charge on any atom is -0.393 e. The molecule has 1 aliphatic heterocycles. The Balaban J connectivity index is 2.34. The molecular weight excluding hydrogens is 260 g/mol. The van der Waals surface area contributed by atoms with Gasteiger partial charge in [-0.1, -0.05) is 18.5 Å². The molecule has 0 aromatic carbocycles. The van der Waals surface area contributed by atoms with Crippen LogP contribution in [0.4, 0.5) is 11.5 Å². The van der Waals surface area contributed by atoms with Crippen molar-refractivity contribution in [2.24, 2.45) is 5.92 Å². The first-order valence-electron chi connectivity index (χ1n) is 5.58. The molecule has 1 N–H and O–H groups in total. The summed E-state index contributed by atoms with van der Waals surface area (Å²) in [6.45, 7) is 2.92. The van der Waals surface area contributed by atoms with Crippen molar-refractivity contribution in [1.82, 2.24) is 9.97 Å². The Morgan fingerprint density at radius 1 is 1.61 bits per heavy atom. The van der Waals surface area contributed by atoms with Gasteiger partial charge in [0.25, 0.3) is 0 Å². The zero-order valence-corrected chi connectivity index (χ0v) is 10.5. The predicted molar refractivity (Wildman–Crippen MR) is 65.7 cm³/mol. The zero-order valence-electron chi connectivity index (χ0n) is 9.78. The molecule has 7 nitrogen and oxygen atoms in total. The van der Waals surface area contributed by atoms with Gasteiger partial charge in [-0.25, -0.2) is 9.97 Å². The summed E-state index contributed by atoms with van der Waals surface area (Å²) in [5.41, 5.74) is -0.275. The summed E-state index contributed by atoms with van der Waals surface area (Å²) >= 11 is 5.74. The van der Waals surface area contributed by atoms with Crippen molar-refractivity contribution in [2.75, 3.05) is 18.0 Å². The summed E-state index contributed by atoms with van der Waals surface area (Å²) in [6, 6.07) is 0. The highest BCUT2D eigenvalue weighted by molar-refractivity contribution is 6.31. The lowest BCUT2D eigenvalue weighted by Gasteiger charge is -2.34. The standard InChI is InChI=1S/C10H13ClN4O3/c1-6-4-14(3-2-7(6)16)10-8(15(17)18)9(11)12-5-13-10/h5-7,16H,2-4H2,1H3. The van der Waals surface area contributed by atoms with Gasteiger partial charge < -0.3 is 10.0 Å². The van der Waals surface area contributed by atoms with E-state index in [1.54, 1.807) is 4.90 Å². The number of aliphatic hydroxyl groups excluding tert-OH is 1. The van der Waals surface area contributed by atoms with E-state index in [-0.39, 0.29) is 28.7 Å². The quantitative estimate of drug-likeness (QED) is 0.495. The Hall–Kier alpha value is -1.47. The zero-order chi connectivity index (χ0) is 13.3. The monoisotopic (exact) mass is 272 g/mol. The van der Waals surface area contributed by atoms with Crippen LogP contribution in [0.2, 0.25) is 5.15 Å².